The zero-order valence-electron chi connectivity index (χ0n) is 14.9. The first-order valence-electron chi connectivity index (χ1n) is 8.51. The van der Waals surface area contributed by atoms with E-state index in [1.54, 1.807) is 0 Å². The Kier molecular flexibility index (Phi) is 4.95. The summed E-state index contributed by atoms with van der Waals surface area (Å²) in [4.78, 5) is 24.6. The van der Waals surface area contributed by atoms with Crippen molar-refractivity contribution >= 4 is 23.2 Å². The smallest absolute Gasteiger partial charge is 0.326 e. The maximum absolute atomic E-state index is 12.6. The minimum absolute atomic E-state index is 0.226. The van der Waals surface area contributed by atoms with Crippen LogP contribution in [0.1, 0.15) is 23.1 Å². The first-order chi connectivity index (χ1) is 12.6. The van der Waals surface area contributed by atoms with Gasteiger partial charge in [0.15, 0.2) is 0 Å². The van der Waals surface area contributed by atoms with Crippen LogP contribution in [0.5, 0.6) is 0 Å². The molecule has 27 heavy (non-hydrogen) atoms. The van der Waals surface area contributed by atoms with Crippen molar-refractivity contribution in [3.63, 3.8) is 0 Å². The van der Waals surface area contributed by atoms with E-state index in [1.165, 1.54) is 12.1 Å². The Bertz CT molecular complexity index is 876. The van der Waals surface area contributed by atoms with Gasteiger partial charge in [0, 0.05) is 11.4 Å². The predicted octanol–water partition coefficient (Wildman–Crippen LogP) is 4.54. The van der Waals surface area contributed by atoms with Crippen LogP contribution >= 0.6 is 0 Å². The molecular formula is C20H19F3N2O2. The van der Waals surface area contributed by atoms with Crippen molar-refractivity contribution in [2.24, 2.45) is 11.8 Å². The topological polar surface area (TPSA) is 58.2 Å². The van der Waals surface area contributed by atoms with Gasteiger partial charge in [-0.3, -0.25) is 9.59 Å². The molecule has 2 aromatic carbocycles. The molecule has 0 saturated heterocycles. The molecule has 0 bridgehead atoms. The Morgan fingerprint density at radius 3 is 2.11 bits per heavy atom. The molecule has 2 aromatic rings. The van der Waals surface area contributed by atoms with Gasteiger partial charge in [-0.1, -0.05) is 12.1 Å². The van der Waals surface area contributed by atoms with E-state index in [0.29, 0.717) is 12.1 Å². The molecule has 1 saturated carbocycles. The third-order valence-corrected chi connectivity index (χ3v) is 4.59. The van der Waals surface area contributed by atoms with Gasteiger partial charge in [0.05, 0.1) is 17.4 Å². The van der Waals surface area contributed by atoms with Crippen molar-refractivity contribution in [2.45, 2.75) is 26.4 Å². The third-order valence-electron chi connectivity index (χ3n) is 4.59. The van der Waals surface area contributed by atoms with Crippen molar-refractivity contribution in [3.05, 3.63) is 59.2 Å². The highest BCUT2D eigenvalue weighted by Crippen LogP contribution is 2.40. The molecule has 1 aliphatic carbocycles. The second kappa shape index (κ2) is 7.06. The molecule has 2 unspecified atom stereocenters. The number of carbonyl (C=O) groups is 2. The predicted molar refractivity (Wildman–Crippen MR) is 96.2 cm³/mol. The molecule has 0 heterocycles. The Morgan fingerprint density at radius 2 is 1.52 bits per heavy atom. The zero-order chi connectivity index (χ0) is 19.8. The van der Waals surface area contributed by atoms with E-state index >= 15 is 0 Å². The van der Waals surface area contributed by atoms with Crippen LogP contribution in [0.2, 0.25) is 0 Å². The maximum atomic E-state index is 12.6. The number of aryl methyl sites for hydroxylation is 2. The van der Waals surface area contributed by atoms with Crippen LogP contribution in [0.4, 0.5) is 24.5 Å². The molecule has 1 fully saturated rings. The van der Waals surface area contributed by atoms with E-state index in [1.807, 2.05) is 32.0 Å². The summed E-state index contributed by atoms with van der Waals surface area (Å²) in [6.07, 6.45) is -4.00. The van der Waals surface area contributed by atoms with Crippen molar-refractivity contribution in [1.82, 2.24) is 0 Å². The van der Waals surface area contributed by atoms with Gasteiger partial charge in [0.25, 0.3) is 0 Å². The van der Waals surface area contributed by atoms with Gasteiger partial charge < -0.3 is 10.6 Å². The van der Waals surface area contributed by atoms with Crippen LogP contribution in [0.25, 0.3) is 0 Å². The van der Waals surface area contributed by atoms with Crippen molar-refractivity contribution in [1.29, 1.82) is 0 Å². The normalized spacial score (nSPS) is 18.7. The van der Waals surface area contributed by atoms with Crippen molar-refractivity contribution < 1.29 is 22.8 Å². The molecule has 1 aliphatic rings. The number of rotatable bonds is 4. The van der Waals surface area contributed by atoms with E-state index in [0.717, 1.165) is 23.3 Å². The second-order valence-corrected chi connectivity index (χ2v) is 6.82. The molecule has 3 rings (SSSR count). The fraction of sp³-hybridized carbons (Fsp3) is 0.300. The number of amides is 2. The summed E-state index contributed by atoms with van der Waals surface area (Å²) in [6.45, 7) is 3.81. The highest BCUT2D eigenvalue weighted by molar-refractivity contribution is 6.03. The molecule has 0 spiro atoms. The van der Waals surface area contributed by atoms with E-state index in [-0.39, 0.29) is 17.5 Å². The molecular weight excluding hydrogens is 357 g/mol. The van der Waals surface area contributed by atoms with Gasteiger partial charge in [-0.25, -0.2) is 0 Å². The summed E-state index contributed by atoms with van der Waals surface area (Å²) in [5, 5.41) is 5.41. The number of hydrogen-bond acceptors (Lipinski definition) is 2. The van der Waals surface area contributed by atoms with Gasteiger partial charge in [-0.2, -0.15) is 13.2 Å². The molecule has 0 aromatic heterocycles. The lowest BCUT2D eigenvalue weighted by Crippen LogP contribution is -2.21. The van der Waals surface area contributed by atoms with Gasteiger partial charge in [-0.15, -0.1) is 0 Å². The number of anilines is 2. The first-order valence-corrected chi connectivity index (χ1v) is 8.51. The average Bonchev–Trinajstić information content (AvgIpc) is 3.39. The van der Waals surface area contributed by atoms with E-state index < -0.39 is 23.6 Å². The summed E-state index contributed by atoms with van der Waals surface area (Å²) in [7, 11) is 0. The fourth-order valence-corrected chi connectivity index (χ4v) is 2.85. The van der Waals surface area contributed by atoms with Crippen molar-refractivity contribution in [3.8, 4) is 0 Å². The second-order valence-electron chi connectivity index (χ2n) is 6.82. The van der Waals surface area contributed by atoms with Crippen LogP contribution in [0.15, 0.2) is 42.5 Å². The van der Waals surface area contributed by atoms with Crippen LogP contribution in [0, 0.1) is 25.7 Å². The van der Waals surface area contributed by atoms with E-state index in [4.69, 9.17) is 0 Å². The van der Waals surface area contributed by atoms with Gasteiger partial charge in [0.2, 0.25) is 11.8 Å². The lowest BCUT2D eigenvalue weighted by atomic mass is 10.1. The Labute approximate surface area is 154 Å². The van der Waals surface area contributed by atoms with Gasteiger partial charge in [-0.05, 0) is 61.7 Å². The Balaban J connectivity index is 1.57. The number of carbonyl (C=O) groups excluding carboxylic acids is 2. The number of hydrogen-bond donors (Lipinski definition) is 2. The molecule has 4 nitrogen and oxygen atoms in total. The number of halogens is 3. The van der Waals surface area contributed by atoms with Crippen LogP contribution in [0.3, 0.4) is 0 Å². The van der Waals surface area contributed by atoms with E-state index in [2.05, 4.69) is 10.6 Å². The lowest BCUT2D eigenvalue weighted by Gasteiger charge is -2.10. The summed E-state index contributed by atoms with van der Waals surface area (Å²) in [5.74, 6) is -1.50. The fourth-order valence-electron chi connectivity index (χ4n) is 2.85. The van der Waals surface area contributed by atoms with Crippen LogP contribution in [-0.2, 0) is 15.8 Å². The van der Waals surface area contributed by atoms with Gasteiger partial charge in [0.1, 0.15) is 0 Å². The zero-order valence-corrected chi connectivity index (χ0v) is 14.9. The van der Waals surface area contributed by atoms with Crippen LogP contribution in [-0.4, -0.2) is 11.8 Å². The SMILES string of the molecule is Cc1ccc(C)c(NC(=O)C2CC2C(=O)Nc2ccc(C(F)(F)F)cc2)c1. The highest BCUT2D eigenvalue weighted by atomic mass is 19.4. The minimum Gasteiger partial charge on any atom is -0.326 e. The first kappa shape index (κ1) is 18.9. The van der Waals surface area contributed by atoms with Crippen molar-refractivity contribution in [2.75, 3.05) is 10.6 Å². The molecule has 7 heteroatoms. The van der Waals surface area contributed by atoms with E-state index in [9.17, 15) is 22.8 Å². The van der Waals surface area contributed by atoms with Crippen LogP contribution < -0.4 is 10.6 Å². The lowest BCUT2D eigenvalue weighted by molar-refractivity contribution is -0.137. The summed E-state index contributed by atoms with van der Waals surface area (Å²) < 4.78 is 37.7. The number of benzene rings is 2. The summed E-state index contributed by atoms with van der Waals surface area (Å²) in [6, 6.07) is 9.95. The molecule has 2 N–H and O–H groups in total. The monoisotopic (exact) mass is 376 g/mol. The number of nitrogens with one attached hydrogen (secondary N) is 2. The van der Waals surface area contributed by atoms with Gasteiger partial charge >= 0.3 is 6.18 Å². The Morgan fingerprint density at radius 1 is 0.926 bits per heavy atom. The Hall–Kier alpha value is -2.83. The summed E-state index contributed by atoms with van der Waals surface area (Å²) in [5.41, 5.74) is 2.16. The quantitative estimate of drug-likeness (QED) is 0.823. The standard InChI is InChI=1S/C20H19F3N2O2/c1-11-3-4-12(2)17(9-11)25-19(27)16-10-15(16)18(26)24-14-7-5-13(6-8-14)20(21,22)23/h3-9,15-16H,10H2,1-2H3,(H,24,26)(H,25,27). The largest absolute Gasteiger partial charge is 0.416 e. The third kappa shape index (κ3) is 4.48. The maximum Gasteiger partial charge on any atom is 0.416 e. The molecule has 0 aliphatic heterocycles. The summed E-state index contributed by atoms with van der Waals surface area (Å²) >= 11 is 0. The molecule has 2 amide bonds. The molecule has 142 valence electrons. The number of alkyl halides is 3. The molecule has 0 radical (unpaired) electrons. The average molecular weight is 376 g/mol. The molecule has 2 atom stereocenters. The highest BCUT2D eigenvalue weighted by Gasteiger charge is 2.48. The minimum atomic E-state index is -4.42.